The first-order chi connectivity index (χ1) is 22.4. The van der Waals surface area contributed by atoms with Crippen molar-refractivity contribution < 1.29 is 0 Å². The van der Waals surface area contributed by atoms with Crippen molar-refractivity contribution >= 4 is 59.9 Å². The lowest BCUT2D eigenvalue weighted by atomic mass is 9.80. The average Bonchev–Trinajstić information content (AvgIpc) is 3.58. The summed E-state index contributed by atoms with van der Waals surface area (Å²) in [6.45, 7) is 11.2. The lowest BCUT2D eigenvalue weighted by Crippen LogP contribution is -2.15. The van der Waals surface area contributed by atoms with Crippen LogP contribution >= 0.6 is 11.3 Å². The second-order valence-corrected chi connectivity index (χ2v) is 13.8. The van der Waals surface area contributed by atoms with Crippen LogP contribution in [0.2, 0.25) is 0 Å². The number of fused-ring (bicyclic) bond motifs is 7. The van der Waals surface area contributed by atoms with Gasteiger partial charge in [-0.15, -0.1) is 11.3 Å². The molecular weight excluding hydrogens is 575 g/mol. The smallest absolute Gasteiger partial charge is 0.0464 e. The highest BCUT2D eigenvalue weighted by atomic mass is 32.1. The van der Waals surface area contributed by atoms with Crippen LogP contribution in [0.4, 0.5) is 11.4 Å². The fourth-order valence-corrected chi connectivity index (χ4v) is 8.59. The minimum absolute atomic E-state index is 0.0682. The van der Waals surface area contributed by atoms with Gasteiger partial charge in [-0.2, -0.15) is 0 Å². The van der Waals surface area contributed by atoms with E-state index in [0.29, 0.717) is 0 Å². The standard InChI is InChI=1S/C44H35NS/c1-5-30(35-22-25-38-40(28-35)44(3,4)42-39-16-10-11-17-41(39)46-43(38)42)19-18-29(2)45(36-23-20-31-12-6-8-14-33(31)26-36)37-24-21-32-13-7-9-15-34(32)27-37/h5-28H,1H2,2-4H3/b29-18+,30-19+. The van der Waals surface area contributed by atoms with Crippen LogP contribution in [0, 0.1) is 0 Å². The van der Waals surface area contributed by atoms with Gasteiger partial charge in [-0.3, -0.25) is 0 Å². The van der Waals surface area contributed by atoms with Crippen LogP contribution in [0.25, 0.3) is 47.6 Å². The molecule has 0 bridgehead atoms. The summed E-state index contributed by atoms with van der Waals surface area (Å²) < 4.78 is 1.37. The molecular formula is C44H35NS. The molecule has 0 saturated carbocycles. The number of nitrogens with zero attached hydrogens (tertiary/aromatic N) is 1. The van der Waals surface area contributed by atoms with E-state index in [1.165, 1.54) is 58.8 Å². The van der Waals surface area contributed by atoms with Crippen molar-refractivity contribution in [2.75, 3.05) is 4.90 Å². The van der Waals surface area contributed by atoms with Crippen LogP contribution < -0.4 is 4.90 Å². The summed E-state index contributed by atoms with van der Waals surface area (Å²) in [5, 5.41) is 6.31. The number of hydrogen-bond donors (Lipinski definition) is 0. The lowest BCUT2D eigenvalue weighted by molar-refractivity contribution is 0.667. The highest BCUT2D eigenvalue weighted by Crippen LogP contribution is 2.55. The molecule has 6 aromatic carbocycles. The summed E-state index contributed by atoms with van der Waals surface area (Å²) >= 11 is 1.92. The molecule has 0 unspecified atom stereocenters. The van der Waals surface area contributed by atoms with Crippen LogP contribution in [0.3, 0.4) is 0 Å². The van der Waals surface area contributed by atoms with Gasteiger partial charge < -0.3 is 4.90 Å². The maximum atomic E-state index is 4.24. The Morgan fingerprint density at radius 3 is 1.93 bits per heavy atom. The van der Waals surface area contributed by atoms with Crippen molar-refractivity contribution in [3.8, 4) is 10.4 Å². The molecule has 1 aliphatic carbocycles. The molecule has 222 valence electrons. The van der Waals surface area contributed by atoms with E-state index in [-0.39, 0.29) is 5.41 Å². The van der Waals surface area contributed by atoms with Gasteiger partial charge in [0.25, 0.3) is 0 Å². The van der Waals surface area contributed by atoms with E-state index in [2.05, 4.69) is 172 Å². The van der Waals surface area contributed by atoms with Gasteiger partial charge in [0.15, 0.2) is 0 Å². The number of thiophene rings is 1. The third kappa shape index (κ3) is 4.60. The molecule has 1 aromatic heterocycles. The summed E-state index contributed by atoms with van der Waals surface area (Å²) in [7, 11) is 0. The molecule has 0 atom stereocenters. The van der Waals surface area contributed by atoms with Gasteiger partial charge in [-0.1, -0.05) is 124 Å². The Kier molecular flexibility index (Phi) is 6.78. The molecule has 0 aliphatic heterocycles. The highest BCUT2D eigenvalue weighted by molar-refractivity contribution is 7.22. The Morgan fingerprint density at radius 1 is 0.674 bits per heavy atom. The fraction of sp³-hybridized carbons (Fsp3) is 0.0909. The maximum absolute atomic E-state index is 4.24. The van der Waals surface area contributed by atoms with E-state index < -0.39 is 0 Å². The number of allylic oxidation sites excluding steroid dienone is 5. The Morgan fingerprint density at radius 2 is 1.28 bits per heavy atom. The van der Waals surface area contributed by atoms with Gasteiger partial charge in [-0.25, -0.2) is 0 Å². The molecule has 46 heavy (non-hydrogen) atoms. The molecule has 2 heteroatoms. The van der Waals surface area contributed by atoms with E-state index in [9.17, 15) is 0 Å². The molecule has 1 nitrogen and oxygen atoms in total. The zero-order chi connectivity index (χ0) is 31.4. The highest BCUT2D eigenvalue weighted by Gasteiger charge is 2.38. The summed E-state index contributed by atoms with van der Waals surface area (Å²) in [6, 6.07) is 46.3. The predicted octanol–water partition coefficient (Wildman–Crippen LogP) is 12.8. The number of rotatable bonds is 6. The molecule has 1 aliphatic rings. The monoisotopic (exact) mass is 609 g/mol. The van der Waals surface area contributed by atoms with Crippen LogP contribution in [0.1, 0.15) is 37.5 Å². The van der Waals surface area contributed by atoms with Crippen molar-refractivity contribution in [2.24, 2.45) is 0 Å². The Labute approximate surface area is 275 Å². The molecule has 0 amide bonds. The second kappa shape index (κ2) is 11.0. The Balaban J connectivity index is 1.21. The van der Waals surface area contributed by atoms with Gasteiger partial charge in [0.05, 0.1) is 0 Å². The van der Waals surface area contributed by atoms with Gasteiger partial charge in [-0.05, 0) is 104 Å². The second-order valence-electron chi connectivity index (χ2n) is 12.7. The van der Waals surface area contributed by atoms with Gasteiger partial charge in [0.2, 0.25) is 0 Å². The maximum Gasteiger partial charge on any atom is 0.0464 e. The lowest BCUT2D eigenvalue weighted by Gasteiger charge is -2.26. The number of benzene rings is 6. The molecule has 8 rings (SSSR count). The van der Waals surface area contributed by atoms with Crippen LogP contribution in [0.15, 0.2) is 158 Å². The molecule has 7 aromatic rings. The first-order valence-electron chi connectivity index (χ1n) is 15.9. The molecule has 1 heterocycles. The van der Waals surface area contributed by atoms with Crippen LogP contribution in [-0.2, 0) is 5.41 Å². The molecule has 0 saturated heterocycles. The zero-order valence-electron chi connectivity index (χ0n) is 26.4. The minimum atomic E-state index is -0.0682. The van der Waals surface area contributed by atoms with E-state index in [4.69, 9.17) is 0 Å². The normalized spacial score (nSPS) is 14.1. The SMILES string of the molecule is C=C/C(=C\C=C(/C)N(c1ccc2ccccc2c1)c1ccc2ccccc2c1)c1ccc2c(c1)C(C)(C)c1c-2sc2ccccc12. The zero-order valence-corrected chi connectivity index (χ0v) is 27.2. The Bertz CT molecular complexity index is 2300. The van der Waals surface area contributed by atoms with E-state index >= 15 is 0 Å². The van der Waals surface area contributed by atoms with Crippen molar-refractivity contribution in [1.29, 1.82) is 0 Å². The van der Waals surface area contributed by atoms with Crippen molar-refractivity contribution in [3.05, 3.63) is 175 Å². The summed E-state index contributed by atoms with van der Waals surface area (Å²) in [6.07, 6.45) is 6.42. The van der Waals surface area contributed by atoms with Gasteiger partial charge in [0.1, 0.15) is 0 Å². The van der Waals surface area contributed by atoms with Crippen LogP contribution in [0.5, 0.6) is 0 Å². The Hall–Kier alpha value is -5.18. The van der Waals surface area contributed by atoms with Crippen molar-refractivity contribution in [3.63, 3.8) is 0 Å². The largest absolute Gasteiger partial charge is 0.314 e. The molecule has 0 spiro atoms. The van der Waals surface area contributed by atoms with E-state index in [1.807, 2.05) is 17.4 Å². The minimum Gasteiger partial charge on any atom is -0.314 e. The summed E-state index contributed by atoms with van der Waals surface area (Å²) in [5.41, 5.74) is 9.83. The first-order valence-corrected chi connectivity index (χ1v) is 16.7. The average molecular weight is 610 g/mol. The van der Waals surface area contributed by atoms with Crippen molar-refractivity contribution in [1.82, 2.24) is 0 Å². The summed E-state index contributed by atoms with van der Waals surface area (Å²) in [5.74, 6) is 0. The van der Waals surface area contributed by atoms with E-state index in [1.54, 1.807) is 0 Å². The molecule has 0 N–H and O–H groups in total. The predicted molar refractivity (Wildman–Crippen MR) is 201 cm³/mol. The third-order valence-corrected chi connectivity index (χ3v) is 10.8. The van der Waals surface area contributed by atoms with Crippen molar-refractivity contribution in [2.45, 2.75) is 26.2 Å². The topological polar surface area (TPSA) is 3.24 Å². The molecule has 0 fully saturated rings. The van der Waals surface area contributed by atoms with Gasteiger partial charge >= 0.3 is 0 Å². The summed E-state index contributed by atoms with van der Waals surface area (Å²) in [4.78, 5) is 3.76. The number of anilines is 2. The fourth-order valence-electron chi connectivity index (χ4n) is 7.18. The number of hydrogen-bond acceptors (Lipinski definition) is 2. The van der Waals surface area contributed by atoms with Crippen LogP contribution in [-0.4, -0.2) is 0 Å². The first kappa shape index (κ1) is 28.3. The van der Waals surface area contributed by atoms with E-state index in [0.717, 1.165) is 22.6 Å². The molecule has 0 radical (unpaired) electrons. The van der Waals surface area contributed by atoms with Gasteiger partial charge in [0, 0.05) is 32.1 Å². The quantitative estimate of drug-likeness (QED) is 0.170. The third-order valence-electron chi connectivity index (χ3n) is 9.55.